The Hall–Kier alpha value is -2.08. The number of amides is 1. The molecule has 0 saturated carbocycles. The number of ether oxygens (including phenoxy) is 1. The second kappa shape index (κ2) is 7.79. The Morgan fingerprint density at radius 3 is 2.73 bits per heavy atom. The standard InChI is InChI=1S/C16H24N4O2/c1-3-7-19(8-4-2)15(21)12-22-14-6-5-9-20-13(10-17)11-18-16(14)20/h5-6,9,11H,3-4,7-8,10,12,17H2,1-2H3. The molecule has 6 heteroatoms. The lowest BCUT2D eigenvalue weighted by molar-refractivity contribution is -0.133. The van der Waals surface area contributed by atoms with Crippen LogP contribution in [0.5, 0.6) is 5.75 Å². The highest BCUT2D eigenvalue weighted by atomic mass is 16.5. The molecule has 0 unspecified atom stereocenters. The Morgan fingerprint density at radius 2 is 2.09 bits per heavy atom. The van der Waals surface area contributed by atoms with E-state index < -0.39 is 0 Å². The molecule has 1 amide bonds. The molecule has 6 nitrogen and oxygen atoms in total. The second-order valence-corrected chi connectivity index (χ2v) is 5.19. The minimum absolute atomic E-state index is 0.0105. The number of carbonyl (C=O) groups excluding carboxylic acids is 1. The van der Waals surface area contributed by atoms with Crippen LogP contribution >= 0.6 is 0 Å². The Bertz CT molecular complexity index is 618. The molecule has 0 aliphatic rings. The number of fused-ring (bicyclic) bond motifs is 1. The molecule has 2 rings (SSSR count). The lowest BCUT2D eigenvalue weighted by atomic mass is 10.3. The van der Waals surface area contributed by atoms with Gasteiger partial charge >= 0.3 is 0 Å². The average molecular weight is 304 g/mol. The molecule has 0 aliphatic carbocycles. The van der Waals surface area contributed by atoms with Crippen LogP contribution in [0, 0.1) is 0 Å². The van der Waals surface area contributed by atoms with E-state index in [-0.39, 0.29) is 12.5 Å². The van der Waals surface area contributed by atoms with Gasteiger partial charge in [0.2, 0.25) is 0 Å². The van der Waals surface area contributed by atoms with Gasteiger partial charge in [-0.3, -0.25) is 9.20 Å². The van der Waals surface area contributed by atoms with Gasteiger partial charge in [0.25, 0.3) is 5.91 Å². The first-order valence-corrected chi connectivity index (χ1v) is 7.76. The monoisotopic (exact) mass is 304 g/mol. The zero-order chi connectivity index (χ0) is 15.9. The van der Waals surface area contributed by atoms with E-state index in [4.69, 9.17) is 10.5 Å². The van der Waals surface area contributed by atoms with Gasteiger partial charge in [0.1, 0.15) is 0 Å². The first-order valence-electron chi connectivity index (χ1n) is 7.76. The van der Waals surface area contributed by atoms with Crippen molar-refractivity contribution in [2.24, 2.45) is 5.73 Å². The summed E-state index contributed by atoms with van der Waals surface area (Å²) in [5.74, 6) is 0.611. The van der Waals surface area contributed by atoms with Crippen molar-refractivity contribution >= 4 is 11.6 Å². The topological polar surface area (TPSA) is 72.9 Å². The third kappa shape index (κ3) is 3.57. The summed E-state index contributed by atoms with van der Waals surface area (Å²) in [6.45, 7) is 6.10. The van der Waals surface area contributed by atoms with E-state index in [1.54, 1.807) is 6.20 Å². The zero-order valence-electron chi connectivity index (χ0n) is 13.3. The fourth-order valence-electron chi connectivity index (χ4n) is 2.43. The molecule has 2 aromatic rings. The van der Waals surface area contributed by atoms with Crippen LogP contribution in [0.4, 0.5) is 0 Å². The Labute approximate surface area is 130 Å². The number of hydrogen-bond acceptors (Lipinski definition) is 4. The van der Waals surface area contributed by atoms with Crippen molar-refractivity contribution in [3.63, 3.8) is 0 Å². The summed E-state index contributed by atoms with van der Waals surface area (Å²) >= 11 is 0. The first-order chi connectivity index (χ1) is 10.7. The first kappa shape index (κ1) is 16.3. The molecule has 0 aliphatic heterocycles. The molecular weight excluding hydrogens is 280 g/mol. The van der Waals surface area contributed by atoms with E-state index in [2.05, 4.69) is 18.8 Å². The lowest BCUT2D eigenvalue weighted by Gasteiger charge is -2.21. The molecule has 2 aromatic heterocycles. The number of nitrogens with zero attached hydrogens (tertiary/aromatic N) is 3. The third-order valence-corrected chi connectivity index (χ3v) is 3.48. The van der Waals surface area contributed by atoms with Crippen LogP contribution in [0.3, 0.4) is 0 Å². The zero-order valence-corrected chi connectivity index (χ0v) is 13.3. The maximum atomic E-state index is 12.2. The lowest BCUT2D eigenvalue weighted by Crippen LogP contribution is -2.36. The maximum absolute atomic E-state index is 12.2. The second-order valence-electron chi connectivity index (χ2n) is 5.19. The number of pyridine rings is 1. The molecule has 2 N–H and O–H groups in total. The van der Waals surface area contributed by atoms with Gasteiger partial charge in [0.05, 0.1) is 11.9 Å². The third-order valence-electron chi connectivity index (χ3n) is 3.48. The van der Waals surface area contributed by atoms with Crippen LogP contribution < -0.4 is 10.5 Å². The highest BCUT2D eigenvalue weighted by Crippen LogP contribution is 2.19. The summed E-state index contributed by atoms with van der Waals surface area (Å²) < 4.78 is 7.58. The predicted octanol–water partition coefficient (Wildman–Crippen LogP) is 1.82. The number of carbonyl (C=O) groups is 1. The normalized spacial score (nSPS) is 10.9. The van der Waals surface area contributed by atoms with Crippen molar-refractivity contribution < 1.29 is 9.53 Å². The van der Waals surface area contributed by atoms with E-state index in [1.165, 1.54) is 0 Å². The van der Waals surface area contributed by atoms with Gasteiger partial charge in [-0.05, 0) is 25.0 Å². The smallest absolute Gasteiger partial charge is 0.260 e. The van der Waals surface area contributed by atoms with Crippen molar-refractivity contribution in [2.75, 3.05) is 19.7 Å². The summed E-state index contributed by atoms with van der Waals surface area (Å²) in [5, 5.41) is 0. The predicted molar refractivity (Wildman–Crippen MR) is 85.7 cm³/mol. The van der Waals surface area contributed by atoms with Crippen LogP contribution in [0.15, 0.2) is 24.5 Å². The van der Waals surface area contributed by atoms with Gasteiger partial charge < -0.3 is 15.4 Å². The van der Waals surface area contributed by atoms with Crippen molar-refractivity contribution in [3.05, 3.63) is 30.2 Å². The van der Waals surface area contributed by atoms with Crippen molar-refractivity contribution in [1.82, 2.24) is 14.3 Å². The van der Waals surface area contributed by atoms with E-state index >= 15 is 0 Å². The van der Waals surface area contributed by atoms with Crippen LogP contribution in [-0.2, 0) is 11.3 Å². The summed E-state index contributed by atoms with van der Waals surface area (Å²) in [4.78, 5) is 18.4. The van der Waals surface area contributed by atoms with E-state index in [0.29, 0.717) is 17.9 Å². The van der Waals surface area contributed by atoms with E-state index in [1.807, 2.05) is 27.6 Å². The van der Waals surface area contributed by atoms with Crippen molar-refractivity contribution in [2.45, 2.75) is 33.2 Å². The largest absolute Gasteiger partial charge is 0.480 e. The van der Waals surface area contributed by atoms with Gasteiger partial charge in [-0.1, -0.05) is 13.8 Å². The molecule has 0 fully saturated rings. The van der Waals surface area contributed by atoms with Gasteiger partial charge in [-0.15, -0.1) is 0 Å². The molecule has 0 atom stereocenters. The van der Waals surface area contributed by atoms with Gasteiger partial charge in [0, 0.05) is 25.8 Å². The Balaban J connectivity index is 2.08. The Kier molecular flexibility index (Phi) is 5.77. The quantitative estimate of drug-likeness (QED) is 0.807. The minimum Gasteiger partial charge on any atom is -0.480 e. The van der Waals surface area contributed by atoms with Crippen LogP contribution in [0.1, 0.15) is 32.4 Å². The molecule has 120 valence electrons. The maximum Gasteiger partial charge on any atom is 0.260 e. The molecule has 2 heterocycles. The average Bonchev–Trinajstić information content (AvgIpc) is 2.96. The summed E-state index contributed by atoms with van der Waals surface area (Å²) in [6.07, 6.45) is 5.51. The number of nitrogens with two attached hydrogens (primary N) is 1. The van der Waals surface area contributed by atoms with Crippen LogP contribution in [0.2, 0.25) is 0 Å². The fraction of sp³-hybridized carbons (Fsp3) is 0.500. The van der Waals surface area contributed by atoms with Crippen molar-refractivity contribution in [3.8, 4) is 5.75 Å². The number of hydrogen-bond donors (Lipinski definition) is 1. The number of imidazole rings is 1. The van der Waals surface area contributed by atoms with Gasteiger partial charge in [0.15, 0.2) is 18.0 Å². The van der Waals surface area contributed by atoms with E-state index in [0.717, 1.165) is 31.6 Å². The fourth-order valence-corrected chi connectivity index (χ4v) is 2.43. The van der Waals surface area contributed by atoms with E-state index in [9.17, 15) is 4.79 Å². The molecular formula is C16H24N4O2. The molecule has 0 radical (unpaired) electrons. The minimum atomic E-state index is 0.0105. The van der Waals surface area contributed by atoms with Crippen molar-refractivity contribution in [1.29, 1.82) is 0 Å². The summed E-state index contributed by atoms with van der Waals surface area (Å²) in [5.41, 5.74) is 7.27. The SMILES string of the molecule is CCCN(CCC)C(=O)COc1cccn2c(CN)cnc12. The molecule has 0 saturated heterocycles. The number of rotatable bonds is 8. The highest BCUT2D eigenvalue weighted by Gasteiger charge is 2.14. The molecule has 0 bridgehead atoms. The molecule has 0 aromatic carbocycles. The number of aromatic nitrogens is 2. The molecule has 0 spiro atoms. The van der Waals surface area contributed by atoms with Crippen LogP contribution in [-0.4, -0.2) is 39.9 Å². The summed E-state index contributed by atoms with van der Waals surface area (Å²) in [7, 11) is 0. The molecule has 22 heavy (non-hydrogen) atoms. The Morgan fingerprint density at radius 1 is 1.36 bits per heavy atom. The van der Waals surface area contributed by atoms with Gasteiger partial charge in [-0.2, -0.15) is 0 Å². The van der Waals surface area contributed by atoms with Gasteiger partial charge in [-0.25, -0.2) is 4.98 Å². The summed E-state index contributed by atoms with van der Waals surface area (Å²) in [6, 6.07) is 3.68. The highest BCUT2D eigenvalue weighted by molar-refractivity contribution is 5.78. The van der Waals surface area contributed by atoms with Crippen LogP contribution in [0.25, 0.3) is 5.65 Å².